The van der Waals surface area contributed by atoms with Gasteiger partial charge in [0, 0.05) is 12.8 Å². The van der Waals surface area contributed by atoms with Gasteiger partial charge in [0.25, 0.3) is 0 Å². The van der Waals surface area contributed by atoms with Crippen LogP contribution in [0.3, 0.4) is 0 Å². The lowest BCUT2D eigenvalue weighted by molar-refractivity contribution is -0.161. The molecule has 1 unspecified atom stereocenters. The quantitative estimate of drug-likeness (QED) is 0.0375. The molecule has 0 aromatic rings. The van der Waals surface area contributed by atoms with Gasteiger partial charge in [-0.3, -0.25) is 9.59 Å². The summed E-state index contributed by atoms with van der Waals surface area (Å²) in [5.74, 6) is -0.589. The summed E-state index contributed by atoms with van der Waals surface area (Å²) in [7, 11) is 0. The SMILES string of the molecule is CCCCCC/C=C\C/C=C\CCCCCCCCCC(=O)OCC(CO)OC(=O)CCCCCCCCCCCCCCCCCCC/C=C\C/C=C\CCCCCCC. The van der Waals surface area contributed by atoms with Crippen molar-refractivity contribution in [3.63, 3.8) is 0 Å². The Kier molecular flexibility index (Phi) is 50.4. The fraction of sp³-hybridized carbons (Fsp3) is 0.821. The molecule has 356 valence electrons. The molecule has 5 nitrogen and oxygen atoms in total. The zero-order chi connectivity index (χ0) is 44.2. The maximum Gasteiger partial charge on any atom is 0.306 e. The maximum atomic E-state index is 12.3. The fourth-order valence-corrected chi connectivity index (χ4v) is 7.79. The lowest BCUT2D eigenvalue weighted by atomic mass is 10.0. The first-order valence-corrected chi connectivity index (χ1v) is 26.7. The third-order valence-corrected chi connectivity index (χ3v) is 11.8. The second kappa shape index (κ2) is 52.2. The van der Waals surface area contributed by atoms with Gasteiger partial charge in [0.15, 0.2) is 6.10 Å². The lowest BCUT2D eigenvalue weighted by Crippen LogP contribution is -2.28. The van der Waals surface area contributed by atoms with Crippen LogP contribution in [0.15, 0.2) is 48.6 Å². The van der Waals surface area contributed by atoms with Gasteiger partial charge < -0.3 is 14.6 Å². The van der Waals surface area contributed by atoms with Gasteiger partial charge in [0.05, 0.1) is 6.61 Å². The van der Waals surface area contributed by atoms with E-state index in [2.05, 4.69) is 62.5 Å². The van der Waals surface area contributed by atoms with Gasteiger partial charge in [0.1, 0.15) is 6.61 Å². The molecule has 0 aliphatic carbocycles. The van der Waals surface area contributed by atoms with Crippen LogP contribution in [0.4, 0.5) is 0 Å². The molecule has 0 aromatic carbocycles. The summed E-state index contributed by atoms with van der Waals surface area (Å²) in [6.07, 6.45) is 67.9. The first kappa shape index (κ1) is 58.9. The molecular weight excluding hydrogens is 753 g/mol. The minimum atomic E-state index is -0.775. The van der Waals surface area contributed by atoms with Crippen LogP contribution in [0.1, 0.15) is 277 Å². The van der Waals surface area contributed by atoms with Gasteiger partial charge >= 0.3 is 11.9 Å². The van der Waals surface area contributed by atoms with E-state index in [-0.39, 0.29) is 25.2 Å². The molecule has 61 heavy (non-hydrogen) atoms. The molecule has 0 spiro atoms. The number of carbonyl (C=O) groups excluding carboxylic acids is 2. The Labute approximate surface area is 379 Å². The minimum Gasteiger partial charge on any atom is -0.462 e. The van der Waals surface area contributed by atoms with Crippen molar-refractivity contribution < 1.29 is 24.2 Å². The highest BCUT2D eigenvalue weighted by atomic mass is 16.6. The molecule has 0 fully saturated rings. The summed E-state index contributed by atoms with van der Waals surface area (Å²) in [6.45, 7) is 4.13. The summed E-state index contributed by atoms with van der Waals surface area (Å²) in [4.78, 5) is 24.5. The van der Waals surface area contributed by atoms with E-state index >= 15 is 0 Å². The zero-order valence-corrected chi connectivity index (χ0v) is 40.7. The van der Waals surface area contributed by atoms with E-state index in [1.807, 2.05) is 0 Å². The number of ether oxygens (including phenoxy) is 2. The Morgan fingerprint density at radius 3 is 0.984 bits per heavy atom. The number of rotatable bonds is 49. The van der Waals surface area contributed by atoms with Crippen LogP contribution in [-0.2, 0) is 19.1 Å². The molecule has 0 heterocycles. The number of allylic oxidation sites excluding steroid dienone is 8. The lowest BCUT2D eigenvalue weighted by Gasteiger charge is -2.15. The number of hydrogen-bond donors (Lipinski definition) is 1. The number of carbonyl (C=O) groups is 2. The smallest absolute Gasteiger partial charge is 0.306 e. The molecule has 0 rings (SSSR count). The molecule has 1 N–H and O–H groups in total. The first-order chi connectivity index (χ1) is 30.1. The molecule has 0 radical (unpaired) electrons. The third kappa shape index (κ3) is 50.4. The van der Waals surface area contributed by atoms with Crippen molar-refractivity contribution in [3.05, 3.63) is 48.6 Å². The summed E-state index contributed by atoms with van der Waals surface area (Å²) < 4.78 is 10.7. The first-order valence-electron chi connectivity index (χ1n) is 26.7. The predicted molar refractivity (Wildman–Crippen MR) is 265 cm³/mol. The van der Waals surface area contributed by atoms with Crippen LogP contribution in [0.2, 0.25) is 0 Å². The van der Waals surface area contributed by atoms with Crippen LogP contribution < -0.4 is 0 Å². The maximum absolute atomic E-state index is 12.3. The molecule has 5 heteroatoms. The van der Waals surface area contributed by atoms with Gasteiger partial charge in [-0.15, -0.1) is 0 Å². The molecule has 1 atom stereocenters. The van der Waals surface area contributed by atoms with Crippen molar-refractivity contribution >= 4 is 11.9 Å². The second-order valence-corrected chi connectivity index (χ2v) is 17.9. The standard InChI is InChI=1S/C56H102O5/c1-3-5-7-9-11-13-15-17-19-21-23-24-25-26-27-28-29-30-31-32-33-35-37-39-41-43-45-47-49-51-56(59)61-54(52-57)53-60-55(58)50-48-46-44-42-40-38-36-34-22-20-18-16-14-12-10-8-6-4-2/h14-17,20-23,54,57H,3-13,18-19,24-53H2,1-2H3/b16-14-,17-15-,22-20-,23-21-. The Morgan fingerprint density at radius 2 is 0.656 bits per heavy atom. The molecule has 0 aliphatic heterocycles. The summed E-state index contributed by atoms with van der Waals surface area (Å²) in [6, 6.07) is 0. The van der Waals surface area contributed by atoms with Crippen molar-refractivity contribution in [3.8, 4) is 0 Å². The summed E-state index contributed by atoms with van der Waals surface area (Å²) in [5, 5.41) is 9.63. The van der Waals surface area contributed by atoms with E-state index in [9.17, 15) is 14.7 Å². The van der Waals surface area contributed by atoms with Crippen LogP contribution >= 0.6 is 0 Å². The molecular formula is C56H102O5. The van der Waals surface area contributed by atoms with Crippen molar-refractivity contribution in [1.29, 1.82) is 0 Å². The Morgan fingerprint density at radius 1 is 0.377 bits per heavy atom. The Hall–Kier alpha value is -2.14. The molecule has 0 saturated heterocycles. The van der Waals surface area contributed by atoms with Gasteiger partial charge in [-0.05, 0) is 77.0 Å². The number of aliphatic hydroxyl groups is 1. The average molecular weight is 855 g/mol. The van der Waals surface area contributed by atoms with Crippen molar-refractivity contribution in [1.82, 2.24) is 0 Å². The zero-order valence-electron chi connectivity index (χ0n) is 40.7. The second-order valence-electron chi connectivity index (χ2n) is 17.9. The van der Waals surface area contributed by atoms with E-state index in [1.165, 1.54) is 199 Å². The van der Waals surface area contributed by atoms with Gasteiger partial charge in [0.2, 0.25) is 0 Å². The van der Waals surface area contributed by atoms with Gasteiger partial charge in [-0.1, -0.05) is 236 Å². The van der Waals surface area contributed by atoms with Crippen LogP contribution in [0.25, 0.3) is 0 Å². The normalized spacial score (nSPS) is 12.5. The monoisotopic (exact) mass is 855 g/mol. The summed E-state index contributed by atoms with van der Waals surface area (Å²) >= 11 is 0. The summed E-state index contributed by atoms with van der Waals surface area (Å²) in [5.41, 5.74) is 0. The van der Waals surface area contributed by atoms with Crippen molar-refractivity contribution in [2.75, 3.05) is 13.2 Å². The van der Waals surface area contributed by atoms with Crippen LogP contribution in [0.5, 0.6) is 0 Å². The highest BCUT2D eigenvalue weighted by Crippen LogP contribution is 2.16. The van der Waals surface area contributed by atoms with Gasteiger partial charge in [-0.25, -0.2) is 0 Å². The number of unbranched alkanes of at least 4 members (excludes halogenated alkanes) is 33. The topological polar surface area (TPSA) is 72.8 Å². The number of aliphatic hydroxyl groups excluding tert-OH is 1. The molecule has 0 aliphatic rings. The minimum absolute atomic E-state index is 0.0680. The highest BCUT2D eigenvalue weighted by molar-refractivity contribution is 5.70. The van der Waals surface area contributed by atoms with E-state index in [0.717, 1.165) is 51.4 Å². The third-order valence-electron chi connectivity index (χ3n) is 11.8. The van der Waals surface area contributed by atoms with Crippen LogP contribution in [-0.4, -0.2) is 36.4 Å². The van der Waals surface area contributed by atoms with Gasteiger partial charge in [-0.2, -0.15) is 0 Å². The molecule has 0 amide bonds. The van der Waals surface area contributed by atoms with E-state index in [1.54, 1.807) is 0 Å². The van der Waals surface area contributed by atoms with Crippen molar-refractivity contribution in [2.24, 2.45) is 0 Å². The fourth-order valence-electron chi connectivity index (χ4n) is 7.79. The highest BCUT2D eigenvalue weighted by Gasteiger charge is 2.16. The molecule has 0 saturated carbocycles. The number of esters is 2. The van der Waals surface area contributed by atoms with Crippen LogP contribution in [0, 0.1) is 0 Å². The predicted octanol–water partition coefficient (Wildman–Crippen LogP) is 17.7. The Bertz CT molecular complexity index is 1010. The molecule has 0 aromatic heterocycles. The number of hydrogen-bond acceptors (Lipinski definition) is 5. The largest absolute Gasteiger partial charge is 0.462 e. The molecule has 0 bridgehead atoms. The van der Waals surface area contributed by atoms with E-state index in [4.69, 9.17) is 9.47 Å². The average Bonchev–Trinajstić information content (AvgIpc) is 3.26. The van der Waals surface area contributed by atoms with Crippen molar-refractivity contribution in [2.45, 2.75) is 283 Å². The van der Waals surface area contributed by atoms with E-state index < -0.39 is 6.10 Å². The Balaban J connectivity index is 3.46. The van der Waals surface area contributed by atoms with E-state index in [0.29, 0.717) is 12.8 Å².